The van der Waals surface area contributed by atoms with Gasteiger partial charge in [-0.05, 0) is 11.5 Å². The third kappa shape index (κ3) is 1.11. The first-order valence-electron chi connectivity index (χ1n) is 4.30. The molecule has 2 heteroatoms. The van der Waals surface area contributed by atoms with Crippen LogP contribution >= 0.6 is 0 Å². The molecule has 0 N–H and O–H groups in total. The van der Waals surface area contributed by atoms with Crippen LogP contribution in [0.25, 0.3) is 21.7 Å². The standard InChI is InChI=1S/C12H8O.B/c1-2-4-11-9(3-1)5-6-10-7-8-13-12(10)11;/h1-8H;. The minimum atomic E-state index is 0. The Balaban J connectivity index is 0.000000750. The lowest BCUT2D eigenvalue weighted by Gasteiger charge is -1.96. The molecule has 0 spiro atoms. The summed E-state index contributed by atoms with van der Waals surface area (Å²) in [6.45, 7) is 0. The van der Waals surface area contributed by atoms with Crippen molar-refractivity contribution in [1.82, 2.24) is 0 Å². The number of rotatable bonds is 0. The Labute approximate surface area is 83.9 Å². The highest BCUT2D eigenvalue weighted by Gasteiger charge is 2.00. The van der Waals surface area contributed by atoms with Gasteiger partial charge < -0.3 is 4.42 Å². The van der Waals surface area contributed by atoms with Gasteiger partial charge in [0.25, 0.3) is 0 Å². The molecule has 0 aliphatic heterocycles. The minimum Gasteiger partial charge on any atom is -0.464 e. The van der Waals surface area contributed by atoms with Crippen LogP contribution < -0.4 is 0 Å². The molecule has 0 amide bonds. The molecule has 1 nitrogen and oxygen atoms in total. The zero-order valence-corrected chi connectivity index (χ0v) is 7.60. The van der Waals surface area contributed by atoms with Crippen molar-refractivity contribution in [3.8, 4) is 0 Å². The predicted octanol–water partition coefficient (Wildman–Crippen LogP) is 3.21. The SMILES string of the molecule is [B].c1ccc2c(c1)ccc1ccoc12. The second-order valence-electron chi connectivity index (χ2n) is 3.13. The third-order valence-electron chi connectivity index (χ3n) is 2.34. The number of benzene rings is 2. The largest absolute Gasteiger partial charge is 0.464 e. The summed E-state index contributed by atoms with van der Waals surface area (Å²) in [4.78, 5) is 0. The Morgan fingerprint density at radius 2 is 1.57 bits per heavy atom. The molecule has 0 saturated heterocycles. The summed E-state index contributed by atoms with van der Waals surface area (Å²) in [5, 5.41) is 3.58. The van der Waals surface area contributed by atoms with Crippen molar-refractivity contribution >= 4 is 30.2 Å². The van der Waals surface area contributed by atoms with E-state index in [0.717, 1.165) is 5.58 Å². The van der Waals surface area contributed by atoms with Gasteiger partial charge in [-0.15, -0.1) is 0 Å². The molecule has 3 aromatic rings. The normalized spacial score (nSPS) is 10.3. The van der Waals surface area contributed by atoms with Crippen LogP contribution in [0.15, 0.2) is 53.1 Å². The molecule has 2 aromatic carbocycles. The van der Waals surface area contributed by atoms with E-state index in [4.69, 9.17) is 4.42 Å². The lowest BCUT2D eigenvalue weighted by molar-refractivity contribution is 0.619. The summed E-state index contributed by atoms with van der Waals surface area (Å²) in [6, 6.07) is 14.4. The molecule has 3 rings (SSSR count). The van der Waals surface area contributed by atoms with Crippen molar-refractivity contribution in [3.63, 3.8) is 0 Å². The first-order valence-corrected chi connectivity index (χ1v) is 4.30. The molecule has 0 bridgehead atoms. The van der Waals surface area contributed by atoms with Crippen LogP contribution in [0.4, 0.5) is 0 Å². The van der Waals surface area contributed by atoms with Crippen LogP contribution in [0.3, 0.4) is 0 Å². The molecule has 3 radical (unpaired) electrons. The van der Waals surface area contributed by atoms with Crippen molar-refractivity contribution in [2.75, 3.05) is 0 Å². The third-order valence-corrected chi connectivity index (χ3v) is 2.34. The van der Waals surface area contributed by atoms with Gasteiger partial charge in [-0.2, -0.15) is 0 Å². The molecule has 14 heavy (non-hydrogen) atoms. The lowest BCUT2D eigenvalue weighted by Crippen LogP contribution is -1.71. The number of hydrogen-bond donors (Lipinski definition) is 0. The second-order valence-corrected chi connectivity index (χ2v) is 3.13. The van der Waals surface area contributed by atoms with E-state index >= 15 is 0 Å². The van der Waals surface area contributed by atoms with Gasteiger partial charge in [0.15, 0.2) is 0 Å². The van der Waals surface area contributed by atoms with E-state index in [1.54, 1.807) is 6.26 Å². The van der Waals surface area contributed by atoms with E-state index in [9.17, 15) is 0 Å². The number of hydrogen-bond acceptors (Lipinski definition) is 1. The van der Waals surface area contributed by atoms with Gasteiger partial charge in [0.05, 0.1) is 6.26 Å². The van der Waals surface area contributed by atoms with Gasteiger partial charge in [0.1, 0.15) is 5.58 Å². The minimum absolute atomic E-state index is 0. The van der Waals surface area contributed by atoms with Gasteiger partial charge in [-0.3, -0.25) is 0 Å². The zero-order chi connectivity index (χ0) is 8.67. The summed E-state index contributed by atoms with van der Waals surface area (Å²) in [5.41, 5.74) is 0.984. The van der Waals surface area contributed by atoms with Crippen LogP contribution in [0, 0.1) is 0 Å². The van der Waals surface area contributed by atoms with Crippen LogP contribution in [0.1, 0.15) is 0 Å². The highest BCUT2D eigenvalue weighted by molar-refractivity contribution is 6.03. The highest BCUT2D eigenvalue weighted by atomic mass is 16.3. The number of furan rings is 1. The second kappa shape index (κ2) is 3.22. The molecule has 0 atom stereocenters. The maximum atomic E-state index is 5.43. The summed E-state index contributed by atoms with van der Waals surface area (Å²) >= 11 is 0. The molecule has 0 aliphatic carbocycles. The fourth-order valence-corrected chi connectivity index (χ4v) is 1.70. The van der Waals surface area contributed by atoms with Crippen molar-refractivity contribution < 1.29 is 4.42 Å². The summed E-state index contributed by atoms with van der Waals surface area (Å²) < 4.78 is 5.43. The van der Waals surface area contributed by atoms with Gasteiger partial charge in [0, 0.05) is 19.2 Å². The van der Waals surface area contributed by atoms with Gasteiger partial charge >= 0.3 is 0 Å². The maximum absolute atomic E-state index is 5.43. The van der Waals surface area contributed by atoms with Gasteiger partial charge in [-0.25, -0.2) is 0 Å². The first-order chi connectivity index (χ1) is 6.45. The molecular formula is C12H8BO. The average molecular weight is 179 g/mol. The molecule has 0 fully saturated rings. The topological polar surface area (TPSA) is 13.1 Å². The zero-order valence-electron chi connectivity index (χ0n) is 7.60. The Morgan fingerprint density at radius 3 is 2.50 bits per heavy atom. The van der Waals surface area contributed by atoms with Crippen LogP contribution in [0.5, 0.6) is 0 Å². The lowest BCUT2D eigenvalue weighted by atomic mass is 10.1. The quantitative estimate of drug-likeness (QED) is 0.483. The predicted molar refractivity (Wildman–Crippen MR) is 59.5 cm³/mol. The Hall–Kier alpha value is -1.70. The van der Waals surface area contributed by atoms with Crippen molar-refractivity contribution in [1.29, 1.82) is 0 Å². The van der Waals surface area contributed by atoms with Crippen LogP contribution in [-0.2, 0) is 0 Å². The molecule has 0 saturated carbocycles. The average Bonchev–Trinajstić information content (AvgIpc) is 2.65. The Morgan fingerprint density at radius 1 is 0.786 bits per heavy atom. The monoisotopic (exact) mass is 179 g/mol. The Kier molecular flexibility index (Phi) is 2.04. The highest BCUT2D eigenvalue weighted by Crippen LogP contribution is 2.25. The molecular weight excluding hydrogens is 171 g/mol. The molecule has 0 unspecified atom stereocenters. The van der Waals surface area contributed by atoms with Crippen LogP contribution in [0.2, 0.25) is 0 Å². The van der Waals surface area contributed by atoms with E-state index in [1.165, 1.54) is 16.2 Å². The first kappa shape index (κ1) is 8.88. The van der Waals surface area contributed by atoms with Gasteiger partial charge in [-0.1, -0.05) is 36.4 Å². The van der Waals surface area contributed by atoms with Crippen molar-refractivity contribution in [2.24, 2.45) is 0 Å². The summed E-state index contributed by atoms with van der Waals surface area (Å²) in [6.07, 6.45) is 1.73. The number of fused-ring (bicyclic) bond motifs is 3. The van der Waals surface area contributed by atoms with E-state index in [1.807, 2.05) is 18.2 Å². The van der Waals surface area contributed by atoms with Crippen molar-refractivity contribution in [2.45, 2.75) is 0 Å². The van der Waals surface area contributed by atoms with Crippen LogP contribution in [-0.4, -0.2) is 8.41 Å². The Bertz CT molecular complexity index is 568. The molecule has 1 heterocycles. The van der Waals surface area contributed by atoms with E-state index in [0.29, 0.717) is 0 Å². The fourth-order valence-electron chi connectivity index (χ4n) is 1.70. The summed E-state index contributed by atoms with van der Waals surface area (Å²) in [7, 11) is 0. The maximum Gasteiger partial charge on any atom is 0.141 e. The van der Waals surface area contributed by atoms with E-state index in [2.05, 4.69) is 24.3 Å². The van der Waals surface area contributed by atoms with E-state index < -0.39 is 0 Å². The molecule has 65 valence electrons. The smallest absolute Gasteiger partial charge is 0.141 e. The molecule has 0 aliphatic rings. The molecule has 1 aromatic heterocycles. The summed E-state index contributed by atoms with van der Waals surface area (Å²) in [5.74, 6) is 0. The van der Waals surface area contributed by atoms with Gasteiger partial charge in [0.2, 0.25) is 0 Å². The van der Waals surface area contributed by atoms with Crippen molar-refractivity contribution in [3.05, 3.63) is 48.7 Å². The fraction of sp³-hybridized carbons (Fsp3) is 0. The van der Waals surface area contributed by atoms with E-state index in [-0.39, 0.29) is 8.41 Å².